The van der Waals surface area contributed by atoms with E-state index in [0.29, 0.717) is 5.69 Å². The lowest BCUT2D eigenvalue weighted by Gasteiger charge is -2.15. The van der Waals surface area contributed by atoms with E-state index in [1.807, 2.05) is 0 Å². The molecule has 10 heteroatoms. The average Bonchev–Trinajstić information content (AvgIpc) is 2.69. The van der Waals surface area contributed by atoms with E-state index in [9.17, 15) is 18.3 Å². The monoisotopic (exact) mass is 423 g/mol. The number of nitrogens with one attached hydrogen (secondary N) is 2. The molecule has 29 heavy (non-hydrogen) atoms. The molecule has 2 heterocycles. The van der Waals surface area contributed by atoms with Gasteiger partial charge in [0.05, 0.1) is 22.9 Å². The van der Waals surface area contributed by atoms with Gasteiger partial charge >= 0.3 is 6.18 Å². The van der Waals surface area contributed by atoms with Crippen molar-refractivity contribution in [3.63, 3.8) is 0 Å². The number of anilines is 3. The van der Waals surface area contributed by atoms with Crippen molar-refractivity contribution in [2.45, 2.75) is 19.1 Å². The molecule has 0 aliphatic heterocycles. The number of benzene rings is 1. The van der Waals surface area contributed by atoms with Crippen molar-refractivity contribution in [3.8, 4) is 11.3 Å². The quantitative estimate of drug-likeness (QED) is 0.531. The molecule has 3 rings (SSSR count). The van der Waals surface area contributed by atoms with Gasteiger partial charge in [0.1, 0.15) is 5.82 Å². The van der Waals surface area contributed by atoms with Gasteiger partial charge in [0.25, 0.3) is 0 Å². The van der Waals surface area contributed by atoms with Crippen LogP contribution < -0.4 is 10.6 Å². The summed E-state index contributed by atoms with van der Waals surface area (Å²) in [5.41, 5.74) is 0.502. The molecule has 0 saturated heterocycles. The highest BCUT2D eigenvalue weighted by atomic mass is 35.5. The first kappa shape index (κ1) is 20.8. The molecule has 0 spiro atoms. The molecular weight excluding hydrogens is 407 g/mol. The molecule has 2 aromatic heterocycles. The third kappa shape index (κ3) is 5.33. The SMILES string of the molecule is C[C@@H](CO)Nc1nc(Nc2ccc(Cl)c(C(F)(F)F)c2)cc(-c2ccncc2)n1. The van der Waals surface area contributed by atoms with Gasteiger partial charge in [-0.2, -0.15) is 18.2 Å². The van der Waals surface area contributed by atoms with Gasteiger partial charge in [-0.25, -0.2) is 4.98 Å². The average molecular weight is 424 g/mol. The van der Waals surface area contributed by atoms with Crippen LogP contribution in [0.1, 0.15) is 12.5 Å². The van der Waals surface area contributed by atoms with Gasteiger partial charge in [0, 0.05) is 35.8 Å². The van der Waals surface area contributed by atoms with Gasteiger partial charge < -0.3 is 15.7 Å². The predicted octanol–water partition coefficient (Wildman–Crippen LogP) is 4.75. The molecule has 1 atom stereocenters. The molecule has 0 saturated carbocycles. The lowest BCUT2D eigenvalue weighted by molar-refractivity contribution is -0.137. The van der Waals surface area contributed by atoms with Crippen LogP contribution >= 0.6 is 11.6 Å². The number of nitrogens with zero attached hydrogens (tertiary/aromatic N) is 3. The Balaban J connectivity index is 1.99. The fourth-order valence-electron chi connectivity index (χ4n) is 2.48. The van der Waals surface area contributed by atoms with E-state index in [1.54, 1.807) is 37.5 Å². The number of alkyl halides is 3. The lowest BCUT2D eigenvalue weighted by atomic mass is 10.1. The first-order valence-electron chi connectivity index (χ1n) is 8.57. The number of hydrogen-bond donors (Lipinski definition) is 3. The lowest BCUT2D eigenvalue weighted by Crippen LogP contribution is -2.21. The molecular formula is C19H17ClF3N5O. The summed E-state index contributed by atoms with van der Waals surface area (Å²) in [7, 11) is 0. The molecule has 0 aliphatic carbocycles. The van der Waals surface area contributed by atoms with Crippen LogP contribution in [0.4, 0.5) is 30.6 Å². The first-order valence-corrected chi connectivity index (χ1v) is 8.94. The molecule has 0 unspecified atom stereocenters. The number of pyridine rings is 1. The molecule has 3 aromatic rings. The molecule has 0 aliphatic rings. The van der Waals surface area contributed by atoms with Crippen LogP contribution in [0.2, 0.25) is 5.02 Å². The standard InChI is InChI=1S/C19H17ClF3N5O/c1-11(10-29)25-18-27-16(12-4-6-24-7-5-12)9-17(28-18)26-13-2-3-15(20)14(8-13)19(21,22)23/h2-9,11,29H,10H2,1H3,(H2,25,26,27,28)/t11-/m0/s1. The van der Waals surface area contributed by atoms with E-state index in [-0.39, 0.29) is 35.1 Å². The number of aliphatic hydroxyl groups excluding tert-OH is 1. The molecule has 0 radical (unpaired) electrons. The molecule has 1 aromatic carbocycles. The number of rotatable bonds is 6. The van der Waals surface area contributed by atoms with Crippen molar-refractivity contribution in [1.82, 2.24) is 15.0 Å². The maximum atomic E-state index is 13.1. The van der Waals surface area contributed by atoms with E-state index in [4.69, 9.17) is 11.6 Å². The van der Waals surface area contributed by atoms with Crippen LogP contribution in [0, 0.1) is 0 Å². The van der Waals surface area contributed by atoms with Crippen molar-refractivity contribution in [3.05, 3.63) is 59.4 Å². The van der Waals surface area contributed by atoms with Gasteiger partial charge in [0.2, 0.25) is 5.95 Å². The number of halogens is 4. The fraction of sp³-hybridized carbons (Fsp3) is 0.211. The number of aromatic nitrogens is 3. The molecule has 0 amide bonds. The second kappa shape index (κ2) is 8.62. The Kier molecular flexibility index (Phi) is 6.19. The summed E-state index contributed by atoms with van der Waals surface area (Å²) < 4.78 is 39.4. The highest BCUT2D eigenvalue weighted by molar-refractivity contribution is 6.31. The van der Waals surface area contributed by atoms with Crippen molar-refractivity contribution in [2.75, 3.05) is 17.2 Å². The van der Waals surface area contributed by atoms with Crippen LogP contribution in [0.25, 0.3) is 11.3 Å². The van der Waals surface area contributed by atoms with Crippen molar-refractivity contribution in [1.29, 1.82) is 0 Å². The highest BCUT2D eigenvalue weighted by Crippen LogP contribution is 2.36. The molecule has 0 bridgehead atoms. The maximum Gasteiger partial charge on any atom is 0.417 e. The van der Waals surface area contributed by atoms with Crippen LogP contribution in [-0.4, -0.2) is 32.7 Å². The Labute approximate surface area is 169 Å². The fourth-order valence-corrected chi connectivity index (χ4v) is 2.71. The van der Waals surface area contributed by atoms with Gasteiger partial charge in [0.15, 0.2) is 0 Å². The smallest absolute Gasteiger partial charge is 0.394 e. The van der Waals surface area contributed by atoms with Gasteiger partial charge in [-0.3, -0.25) is 4.98 Å². The third-order valence-electron chi connectivity index (χ3n) is 3.90. The predicted molar refractivity (Wildman–Crippen MR) is 105 cm³/mol. The second-order valence-corrected chi connectivity index (χ2v) is 6.65. The third-order valence-corrected chi connectivity index (χ3v) is 4.23. The van der Waals surface area contributed by atoms with Crippen LogP contribution in [0.5, 0.6) is 0 Å². The van der Waals surface area contributed by atoms with Crippen molar-refractivity contribution in [2.24, 2.45) is 0 Å². The first-order chi connectivity index (χ1) is 13.8. The Morgan fingerprint density at radius 1 is 1.10 bits per heavy atom. The van der Waals surface area contributed by atoms with E-state index in [2.05, 4.69) is 25.6 Å². The summed E-state index contributed by atoms with van der Waals surface area (Å²) in [4.78, 5) is 12.6. The van der Waals surface area contributed by atoms with Crippen LogP contribution in [0.3, 0.4) is 0 Å². The minimum absolute atomic E-state index is 0.141. The largest absolute Gasteiger partial charge is 0.417 e. The summed E-state index contributed by atoms with van der Waals surface area (Å²) in [6.45, 7) is 1.60. The summed E-state index contributed by atoms with van der Waals surface area (Å²) in [6.07, 6.45) is -1.38. The van der Waals surface area contributed by atoms with E-state index in [1.165, 1.54) is 12.1 Å². The molecule has 3 N–H and O–H groups in total. The molecule has 0 fully saturated rings. The van der Waals surface area contributed by atoms with Crippen molar-refractivity contribution < 1.29 is 18.3 Å². The normalized spacial score (nSPS) is 12.5. The molecule has 152 valence electrons. The summed E-state index contributed by atoms with van der Waals surface area (Å²) in [6, 6.07) is 8.29. The minimum atomic E-state index is -4.58. The van der Waals surface area contributed by atoms with Gasteiger partial charge in [-0.1, -0.05) is 11.6 Å². The summed E-state index contributed by atoms with van der Waals surface area (Å²) >= 11 is 5.67. The number of hydrogen-bond acceptors (Lipinski definition) is 6. The Morgan fingerprint density at radius 2 is 1.83 bits per heavy atom. The Morgan fingerprint density at radius 3 is 2.48 bits per heavy atom. The second-order valence-electron chi connectivity index (χ2n) is 6.24. The van der Waals surface area contributed by atoms with E-state index in [0.717, 1.165) is 11.6 Å². The van der Waals surface area contributed by atoms with Crippen LogP contribution in [0.15, 0.2) is 48.8 Å². The number of aliphatic hydroxyl groups is 1. The highest BCUT2D eigenvalue weighted by Gasteiger charge is 2.33. The summed E-state index contributed by atoms with van der Waals surface area (Å²) in [5, 5.41) is 14.7. The van der Waals surface area contributed by atoms with E-state index >= 15 is 0 Å². The minimum Gasteiger partial charge on any atom is -0.394 e. The van der Waals surface area contributed by atoms with E-state index < -0.39 is 11.7 Å². The van der Waals surface area contributed by atoms with Crippen molar-refractivity contribution >= 4 is 29.1 Å². The zero-order valence-electron chi connectivity index (χ0n) is 15.2. The van der Waals surface area contributed by atoms with Gasteiger partial charge in [-0.15, -0.1) is 0 Å². The molecule has 6 nitrogen and oxygen atoms in total. The Hall–Kier alpha value is -2.91. The van der Waals surface area contributed by atoms with Crippen LogP contribution in [-0.2, 0) is 6.18 Å². The summed E-state index contributed by atoms with van der Waals surface area (Å²) in [5.74, 6) is 0.489. The van der Waals surface area contributed by atoms with Gasteiger partial charge in [-0.05, 0) is 37.3 Å². The zero-order chi connectivity index (χ0) is 21.0. The topological polar surface area (TPSA) is 83.0 Å². The zero-order valence-corrected chi connectivity index (χ0v) is 16.0. The maximum absolute atomic E-state index is 13.1. The Bertz CT molecular complexity index is 985.